The first kappa shape index (κ1) is 20.6. The predicted octanol–water partition coefficient (Wildman–Crippen LogP) is 4.36. The van der Waals surface area contributed by atoms with Gasteiger partial charge in [-0.3, -0.25) is 9.80 Å². The fraction of sp³-hybridized carbons (Fsp3) is 0.538. The molecule has 3 heteroatoms. The van der Waals surface area contributed by atoms with Gasteiger partial charge in [0.15, 0.2) is 0 Å². The minimum atomic E-state index is 0.0786. The zero-order valence-electron chi connectivity index (χ0n) is 17.7. The van der Waals surface area contributed by atoms with Gasteiger partial charge in [0.2, 0.25) is 0 Å². The molecule has 0 saturated carbocycles. The molecule has 4 rings (SSSR count). The fourth-order valence-electron chi connectivity index (χ4n) is 5.31. The summed E-state index contributed by atoms with van der Waals surface area (Å²) < 4.78 is 0. The van der Waals surface area contributed by atoms with Crippen LogP contribution in [0.15, 0.2) is 60.7 Å². The standard InChI is InChI=1S/C26H36N2O/c29-22-26(16-12-23-8-3-1-4-9-23)15-7-17-28(21-26)25-13-18-27(19-14-25)20-24-10-5-2-6-11-24/h1-6,8-11,25,29H,7,12-22H2/t26-/m1/s1. The van der Waals surface area contributed by atoms with Crippen LogP contribution in [0.25, 0.3) is 0 Å². The highest BCUT2D eigenvalue weighted by atomic mass is 16.3. The molecular formula is C26H36N2O. The molecule has 2 aliphatic rings. The van der Waals surface area contributed by atoms with E-state index in [-0.39, 0.29) is 5.41 Å². The van der Waals surface area contributed by atoms with Gasteiger partial charge in [-0.25, -0.2) is 0 Å². The maximum atomic E-state index is 10.3. The van der Waals surface area contributed by atoms with Crippen LogP contribution in [0.5, 0.6) is 0 Å². The molecule has 1 N–H and O–H groups in total. The van der Waals surface area contributed by atoms with Gasteiger partial charge >= 0.3 is 0 Å². The molecule has 2 saturated heterocycles. The van der Waals surface area contributed by atoms with Crippen molar-refractivity contribution in [2.75, 3.05) is 32.8 Å². The van der Waals surface area contributed by atoms with Crippen molar-refractivity contribution < 1.29 is 5.11 Å². The zero-order chi connectivity index (χ0) is 19.9. The molecule has 2 aromatic carbocycles. The Morgan fingerprint density at radius 1 is 0.862 bits per heavy atom. The number of aryl methyl sites for hydroxylation is 1. The van der Waals surface area contributed by atoms with Crippen molar-refractivity contribution >= 4 is 0 Å². The van der Waals surface area contributed by atoms with Crippen molar-refractivity contribution in [3.63, 3.8) is 0 Å². The smallest absolute Gasteiger partial charge is 0.0499 e. The van der Waals surface area contributed by atoms with E-state index in [1.165, 1.54) is 56.4 Å². The van der Waals surface area contributed by atoms with Crippen molar-refractivity contribution in [1.82, 2.24) is 9.80 Å². The third-order valence-electron chi connectivity index (χ3n) is 7.14. The molecule has 2 fully saturated rings. The number of hydrogen-bond acceptors (Lipinski definition) is 3. The van der Waals surface area contributed by atoms with E-state index in [0.29, 0.717) is 12.6 Å². The Bertz CT molecular complexity index is 727. The minimum absolute atomic E-state index is 0.0786. The number of aliphatic hydroxyl groups excluding tert-OH is 1. The summed E-state index contributed by atoms with van der Waals surface area (Å²) in [7, 11) is 0. The number of hydrogen-bond donors (Lipinski definition) is 1. The lowest BCUT2D eigenvalue weighted by Gasteiger charge is -2.47. The molecule has 0 radical (unpaired) electrons. The van der Waals surface area contributed by atoms with Gasteiger partial charge in [-0.2, -0.15) is 0 Å². The second-order valence-corrected chi connectivity index (χ2v) is 9.21. The van der Waals surface area contributed by atoms with Crippen LogP contribution in [0.2, 0.25) is 0 Å². The van der Waals surface area contributed by atoms with Gasteiger partial charge < -0.3 is 5.11 Å². The molecule has 2 aromatic rings. The van der Waals surface area contributed by atoms with Crippen LogP contribution in [0.4, 0.5) is 0 Å². The topological polar surface area (TPSA) is 26.7 Å². The van der Waals surface area contributed by atoms with Gasteiger partial charge in [0.25, 0.3) is 0 Å². The Morgan fingerprint density at radius 3 is 2.17 bits per heavy atom. The highest BCUT2D eigenvalue weighted by Crippen LogP contribution is 2.36. The predicted molar refractivity (Wildman–Crippen MR) is 120 cm³/mol. The lowest BCUT2D eigenvalue weighted by Crippen LogP contribution is -2.52. The summed E-state index contributed by atoms with van der Waals surface area (Å²) in [6, 6.07) is 22.3. The summed E-state index contributed by atoms with van der Waals surface area (Å²) >= 11 is 0. The van der Waals surface area contributed by atoms with Crippen molar-refractivity contribution in [3.8, 4) is 0 Å². The second kappa shape index (κ2) is 9.88. The van der Waals surface area contributed by atoms with Crippen LogP contribution in [-0.4, -0.2) is 53.7 Å². The van der Waals surface area contributed by atoms with Crippen molar-refractivity contribution in [2.24, 2.45) is 5.41 Å². The molecule has 2 aliphatic heterocycles. The Labute approximate surface area is 176 Å². The molecule has 1 atom stereocenters. The lowest BCUT2D eigenvalue weighted by molar-refractivity contribution is -0.00805. The number of aliphatic hydroxyl groups is 1. The Hall–Kier alpha value is -1.68. The molecular weight excluding hydrogens is 356 g/mol. The average Bonchev–Trinajstić information content (AvgIpc) is 2.80. The maximum absolute atomic E-state index is 10.3. The summed E-state index contributed by atoms with van der Waals surface area (Å²) in [5.74, 6) is 0. The van der Waals surface area contributed by atoms with Gasteiger partial charge in [0.05, 0.1) is 0 Å². The van der Waals surface area contributed by atoms with E-state index in [1.54, 1.807) is 0 Å². The van der Waals surface area contributed by atoms with Crippen LogP contribution < -0.4 is 0 Å². The maximum Gasteiger partial charge on any atom is 0.0499 e. The summed E-state index contributed by atoms with van der Waals surface area (Å²) in [6.45, 7) is 6.04. The molecule has 0 amide bonds. The summed E-state index contributed by atoms with van der Waals surface area (Å²) in [5, 5.41) is 10.3. The quantitative estimate of drug-likeness (QED) is 0.758. The number of benzene rings is 2. The SMILES string of the molecule is OC[C@@]1(CCc2ccccc2)CCCN(C2CCN(Cc3ccccc3)CC2)C1. The third kappa shape index (κ3) is 5.48. The highest BCUT2D eigenvalue weighted by molar-refractivity contribution is 5.16. The molecule has 29 heavy (non-hydrogen) atoms. The van der Waals surface area contributed by atoms with Crippen LogP contribution in [0.3, 0.4) is 0 Å². The first-order chi connectivity index (χ1) is 14.3. The lowest BCUT2D eigenvalue weighted by atomic mass is 9.75. The summed E-state index contributed by atoms with van der Waals surface area (Å²) in [5.41, 5.74) is 2.89. The van der Waals surface area contributed by atoms with E-state index in [9.17, 15) is 5.11 Å². The number of likely N-dealkylation sites (tertiary alicyclic amines) is 2. The molecule has 0 unspecified atom stereocenters. The molecule has 3 nitrogen and oxygen atoms in total. The monoisotopic (exact) mass is 392 g/mol. The van der Waals surface area contributed by atoms with E-state index in [1.807, 2.05) is 0 Å². The van der Waals surface area contributed by atoms with Gasteiger partial charge in [-0.1, -0.05) is 60.7 Å². The Balaban J connectivity index is 1.30. The number of nitrogens with zero attached hydrogens (tertiary/aromatic N) is 2. The van der Waals surface area contributed by atoms with E-state index < -0.39 is 0 Å². The summed E-state index contributed by atoms with van der Waals surface area (Å²) in [4.78, 5) is 5.31. The van der Waals surface area contributed by atoms with Crippen molar-refractivity contribution in [1.29, 1.82) is 0 Å². The van der Waals surface area contributed by atoms with Gasteiger partial charge in [0, 0.05) is 31.2 Å². The highest BCUT2D eigenvalue weighted by Gasteiger charge is 2.37. The van der Waals surface area contributed by atoms with Gasteiger partial charge in [-0.05, 0) is 69.3 Å². The fourth-order valence-corrected chi connectivity index (χ4v) is 5.31. The number of rotatable bonds is 7. The molecule has 156 valence electrons. The van der Waals surface area contributed by atoms with Gasteiger partial charge in [-0.15, -0.1) is 0 Å². The van der Waals surface area contributed by atoms with E-state index >= 15 is 0 Å². The van der Waals surface area contributed by atoms with Crippen molar-refractivity contribution in [3.05, 3.63) is 71.8 Å². The normalized spacial score (nSPS) is 24.6. The first-order valence-electron chi connectivity index (χ1n) is 11.4. The average molecular weight is 393 g/mol. The van der Waals surface area contributed by atoms with Gasteiger partial charge in [0.1, 0.15) is 0 Å². The Morgan fingerprint density at radius 2 is 1.52 bits per heavy atom. The molecule has 0 bridgehead atoms. The zero-order valence-corrected chi connectivity index (χ0v) is 17.7. The van der Waals surface area contributed by atoms with Crippen LogP contribution in [-0.2, 0) is 13.0 Å². The largest absolute Gasteiger partial charge is 0.396 e. The molecule has 0 spiro atoms. The third-order valence-corrected chi connectivity index (χ3v) is 7.14. The van der Waals surface area contributed by atoms with E-state index in [4.69, 9.17) is 0 Å². The van der Waals surface area contributed by atoms with Crippen LogP contribution in [0, 0.1) is 5.41 Å². The molecule has 2 heterocycles. The Kier molecular flexibility index (Phi) is 7.02. The summed E-state index contributed by atoms with van der Waals surface area (Å²) in [6.07, 6.45) is 7.07. The minimum Gasteiger partial charge on any atom is -0.396 e. The second-order valence-electron chi connectivity index (χ2n) is 9.21. The van der Waals surface area contributed by atoms with E-state index in [0.717, 1.165) is 25.9 Å². The first-order valence-corrected chi connectivity index (χ1v) is 11.4. The number of piperidine rings is 2. The van der Waals surface area contributed by atoms with E-state index in [2.05, 4.69) is 70.5 Å². The molecule has 0 aromatic heterocycles. The van der Waals surface area contributed by atoms with Crippen LogP contribution >= 0.6 is 0 Å². The van der Waals surface area contributed by atoms with Crippen LogP contribution in [0.1, 0.15) is 43.2 Å². The van der Waals surface area contributed by atoms with Crippen molar-refractivity contribution in [2.45, 2.75) is 51.1 Å². The molecule has 0 aliphatic carbocycles.